The lowest BCUT2D eigenvalue weighted by molar-refractivity contribution is -0.110. The van der Waals surface area contributed by atoms with E-state index in [1.807, 2.05) is 0 Å². The second-order valence-corrected chi connectivity index (χ2v) is 8.47. The van der Waals surface area contributed by atoms with E-state index in [1.165, 1.54) is 33.9 Å². The van der Waals surface area contributed by atoms with Crippen LogP contribution in [0.5, 0.6) is 0 Å². The van der Waals surface area contributed by atoms with Gasteiger partial charge in [-0.2, -0.15) is 19.9 Å². The molecule has 5 rings (SSSR count). The quantitative estimate of drug-likeness (QED) is 0.0982. The van der Waals surface area contributed by atoms with E-state index in [9.17, 15) is 24.9 Å². The lowest BCUT2D eigenvalue weighted by Crippen LogP contribution is -2.33. The zero-order valence-electron chi connectivity index (χ0n) is 20.7. The van der Waals surface area contributed by atoms with Crippen molar-refractivity contribution in [1.82, 2.24) is 37.9 Å². The topological polar surface area (TPSA) is 296 Å². The first-order valence-electron chi connectivity index (χ1n) is 11.7. The molecule has 20 nitrogen and oxygen atoms in total. The molecule has 0 saturated carbocycles. The highest BCUT2D eigenvalue weighted by atomic mass is 16.6. The van der Waals surface area contributed by atoms with Crippen molar-refractivity contribution >= 4 is 23.5 Å². The van der Waals surface area contributed by atoms with Gasteiger partial charge in [-0.3, -0.25) is 9.13 Å². The van der Waals surface area contributed by atoms with Crippen molar-refractivity contribution in [1.29, 1.82) is 0 Å². The summed E-state index contributed by atoms with van der Waals surface area (Å²) in [4.78, 5) is 38.0. The lowest BCUT2D eigenvalue weighted by Gasteiger charge is -2.22. The third kappa shape index (κ3) is 5.50. The maximum Gasteiger partial charge on any atom is 0.357 e. The smallest absolute Gasteiger partial charge is 0.357 e. The first-order valence-corrected chi connectivity index (χ1v) is 11.7. The molecule has 0 spiro atoms. The number of aliphatic hydroxyl groups excluding tert-OH is 6. The van der Waals surface area contributed by atoms with E-state index in [0.717, 1.165) is 8.80 Å². The van der Waals surface area contributed by atoms with E-state index in [1.54, 1.807) is 0 Å². The number of imidazole rings is 2. The van der Waals surface area contributed by atoms with Crippen LogP contribution in [0.1, 0.15) is 12.5 Å². The summed E-state index contributed by atoms with van der Waals surface area (Å²) in [7, 11) is 0. The first-order chi connectivity index (χ1) is 19.1. The van der Waals surface area contributed by atoms with Gasteiger partial charge in [-0.1, -0.05) is 0 Å². The van der Waals surface area contributed by atoms with Gasteiger partial charge < -0.3 is 51.6 Å². The molecule has 1 saturated heterocycles. The van der Waals surface area contributed by atoms with Crippen LogP contribution in [0.15, 0.2) is 34.4 Å². The molecule has 0 bridgehead atoms. The van der Waals surface area contributed by atoms with E-state index >= 15 is 0 Å². The second kappa shape index (κ2) is 12.0. The molecule has 40 heavy (non-hydrogen) atoms. The summed E-state index contributed by atoms with van der Waals surface area (Å²) in [5.41, 5.74) is 9.62. The van der Waals surface area contributed by atoms with Crippen LogP contribution in [0.3, 0.4) is 0 Å². The second-order valence-electron chi connectivity index (χ2n) is 8.47. The fourth-order valence-electron chi connectivity index (χ4n) is 3.97. The van der Waals surface area contributed by atoms with Gasteiger partial charge in [0.25, 0.3) is 0 Å². The van der Waals surface area contributed by atoms with Crippen LogP contribution in [0.4, 0.5) is 11.9 Å². The SMILES string of the molecule is Nc1nc(=O)n2ccn([C@@H](CO)OC(CO)CO)c2n1.Nc1nc(=O)n2ccn([C@@H]3O[C@H](CO)[C@H](O)C3O)c2n1. The zero-order valence-corrected chi connectivity index (χ0v) is 20.7. The van der Waals surface area contributed by atoms with Crippen LogP contribution in [0.2, 0.25) is 0 Å². The summed E-state index contributed by atoms with van der Waals surface area (Å²) >= 11 is 0. The molecule has 4 aromatic heterocycles. The highest BCUT2D eigenvalue weighted by Gasteiger charge is 2.43. The molecule has 10 N–H and O–H groups in total. The maximum atomic E-state index is 11.6. The number of anilines is 2. The van der Waals surface area contributed by atoms with Crippen molar-refractivity contribution in [2.75, 3.05) is 37.9 Å². The monoisotopic (exact) mass is 568 g/mol. The van der Waals surface area contributed by atoms with Gasteiger partial charge in [-0.15, -0.1) is 0 Å². The van der Waals surface area contributed by atoms with E-state index < -0.39 is 74.7 Å². The highest BCUT2D eigenvalue weighted by molar-refractivity contribution is 5.35. The molecular formula is C20H28N10O10. The van der Waals surface area contributed by atoms with Crippen LogP contribution >= 0.6 is 0 Å². The fraction of sp³-hybridized carbons (Fsp3) is 0.500. The number of ether oxygens (including phenoxy) is 2. The first kappa shape index (κ1) is 29.0. The average molecular weight is 569 g/mol. The Balaban J connectivity index is 0.000000185. The highest BCUT2D eigenvalue weighted by Crippen LogP contribution is 2.30. The molecule has 1 aliphatic heterocycles. The van der Waals surface area contributed by atoms with Crippen molar-refractivity contribution in [3.05, 3.63) is 45.8 Å². The molecule has 218 valence electrons. The minimum atomic E-state index is -1.27. The molecule has 0 amide bonds. The molecule has 4 aromatic rings. The van der Waals surface area contributed by atoms with Crippen LogP contribution in [-0.4, -0.2) is 119 Å². The number of aromatic nitrogens is 8. The predicted octanol–water partition coefficient (Wildman–Crippen LogP) is -5.58. The minimum absolute atomic E-state index is 0.123. The Morgan fingerprint density at radius 1 is 0.825 bits per heavy atom. The summed E-state index contributed by atoms with van der Waals surface area (Å²) in [6, 6.07) is 0. The van der Waals surface area contributed by atoms with E-state index in [2.05, 4.69) is 19.9 Å². The van der Waals surface area contributed by atoms with Crippen LogP contribution in [0.25, 0.3) is 11.6 Å². The molecule has 1 unspecified atom stereocenters. The van der Waals surface area contributed by atoms with Gasteiger partial charge in [-0.05, 0) is 0 Å². The molecule has 5 atom stereocenters. The van der Waals surface area contributed by atoms with Crippen LogP contribution in [-0.2, 0) is 9.47 Å². The zero-order chi connectivity index (χ0) is 29.1. The van der Waals surface area contributed by atoms with Gasteiger partial charge in [0.2, 0.25) is 23.5 Å². The largest absolute Gasteiger partial charge is 0.394 e. The van der Waals surface area contributed by atoms with Gasteiger partial charge in [0.1, 0.15) is 24.4 Å². The Labute approximate surface area is 222 Å². The van der Waals surface area contributed by atoms with Crippen molar-refractivity contribution < 1.29 is 40.1 Å². The number of hydrogen-bond acceptors (Lipinski definition) is 16. The third-order valence-electron chi connectivity index (χ3n) is 5.92. The number of rotatable bonds is 8. The Morgan fingerprint density at radius 3 is 1.95 bits per heavy atom. The van der Waals surface area contributed by atoms with Crippen LogP contribution in [0, 0.1) is 0 Å². The van der Waals surface area contributed by atoms with E-state index in [-0.39, 0.29) is 23.5 Å². The molecular weight excluding hydrogens is 540 g/mol. The minimum Gasteiger partial charge on any atom is -0.394 e. The molecule has 1 fully saturated rings. The number of fused-ring (bicyclic) bond motifs is 2. The number of nitrogen functional groups attached to an aromatic ring is 2. The average Bonchev–Trinajstić information content (AvgIpc) is 3.62. The number of hydrogen-bond donors (Lipinski definition) is 8. The Morgan fingerprint density at radius 2 is 1.40 bits per heavy atom. The van der Waals surface area contributed by atoms with Crippen molar-refractivity contribution in [2.45, 2.75) is 36.9 Å². The molecule has 0 aromatic carbocycles. The standard InChI is InChI=1S/C10H13N5O5.C10H15N5O5/c11-8-12-9-14(1-2-15(9)10(19)13-8)7-6(18)5(17)4(3-16)20-7;11-8-12-9-14(1-2-15(9)10(19)13-8)7(5-18)20-6(3-16)4-17/h1-2,4-7,16-18H,3H2,(H2,11,13,19);1-2,6-7,16-18H,3-5H2,(H2,11,13,19)/t4-,5+,6?,7-;7-/m11/s1. The molecule has 0 radical (unpaired) electrons. The Bertz CT molecular complexity index is 1560. The molecule has 20 heteroatoms. The van der Waals surface area contributed by atoms with Crippen LogP contribution < -0.4 is 22.8 Å². The normalized spacial score (nSPS) is 21.7. The molecule has 5 heterocycles. The number of nitrogens with zero attached hydrogens (tertiary/aromatic N) is 8. The van der Waals surface area contributed by atoms with E-state index in [0.29, 0.717) is 0 Å². The Hall–Kier alpha value is -4.02. The molecule has 1 aliphatic rings. The lowest BCUT2D eigenvalue weighted by atomic mass is 10.1. The summed E-state index contributed by atoms with van der Waals surface area (Å²) in [5.74, 6) is -0.150. The van der Waals surface area contributed by atoms with Gasteiger partial charge in [-0.25, -0.2) is 18.4 Å². The van der Waals surface area contributed by atoms with Gasteiger partial charge in [0.15, 0.2) is 12.5 Å². The summed E-state index contributed by atoms with van der Waals surface area (Å²) in [5, 5.41) is 56.1. The van der Waals surface area contributed by atoms with Crippen molar-refractivity contribution in [3.8, 4) is 0 Å². The third-order valence-corrected chi connectivity index (χ3v) is 5.92. The van der Waals surface area contributed by atoms with E-state index in [4.69, 9.17) is 36.3 Å². The summed E-state index contributed by atoms with van der Waals surface area (Å²) < 4.78 is 15.7. The van der Waals surface area contributed by atoms with Gasteiger partial charge in [0.05, 0.1) is 26.4 Å². The van der Waals surface area contributed by atoms with Gasteiger partial charge in [0, 0.05) is 24.8 Å². The summed E-state index contributed by atoms with van der Waals surface area (Å²) in [6.45, 7) is -1.71. The molecule has 0 aliphatic carbocycles. The van der Waals surface area contributed by atoms with Crippen molar-refractivity contribution in [3.63, 3.8) is 0 Å². The predicted molar refractivity (Wildman–Crippen MR) is 131 cm³/mol. The number of aliphatic hydroxyl groups is 6. The van der Waals surface area contributed by atoms with Gasteiger partial charge >= 0.3 is 11.4 Å². The number of nitrogens with two attached hydrogens (primary N) is 2. The fourth-order valence-corrected chi connectivity index (χ4v) is 3.97. The summed E-state index contributed by atoms with van der Waals surface area (Å²) in [6.07, 6.45) is -0.499. The maximum absolute atomic E-state index is 11.6. The van der Waals surface area contributed by atoms with Crippen molar-refractivity contribution in [2.24, 2.45) is 0 Å². The Kier molecular flexibility index (Phi) is 8.70.